The Hall–Kier alpha value is -3.43. The fourth-order valence-electron chi connectivity index (χ4n) is 5.35. The number of carbonyl (C=O) groups is 2. The van der Waals surface area contributed by atoms with Crippen molar-refractivity contribution in [2.24, 2.45) is 5.10 Å². The van der Waals surface area contributed by atoms with Crippen molar-refractivity contribution in [1.82, 2.24) is 15.2 Å². The molecule has 2 aliphatic heterocycles. The van der Waals surface area contributed by atoms with Crippen LogP contribution in [-0.2, 0) is 16.1 Å². The SMILES string of the molecule is COc1ccc(C2=NN(Cc3ccc(NC(=O)CCN4CCNCC4)cc3)C(=O)CC2)cc1OC1CCCC1. The smallest absolute Gasteiger partial charge is 0.243 e. The summed E-state index contributed by atoms with van der Waals surface area (Å²) in [4.78, 5) is 27.4. The van der Waals surface area contributed by atoms with Crippen LogP contribution >= 0.6 is 0 Å². The molecular weight excluding hydrogens is 494 g/mol. The molecule has 2 amide bonds. The minimum Gasteiger partial charge on any atom is -0.493 e. The van der Waals surface area contributed by atoms with Crippen LogP contribution in [0.1, 0.15) is 56.1 Å². The quantitative estimate of drug-likeness (QED) is 0.483. The Morgan fingerprint density at radius 1 is 1.05 bits per heavy atom. The number of rotatable bonds is 10. The van der Waals surface area contributed by atoms with Gasteiger partial charge in [-0.1, -0.05) is 12.1 Å². The molecular formula is C30H39N5O4. The van der Waals surface area contributed by atoms with E-state index in [4.69, 9.17) is 14.6 Å². The molecule has 0 atom stereocenters. The molecule has 1 aliphatic carbocycles. The number of anilines is 1. The van der Waals surface area contributed by atoms with Crippen LogP contribution in [0, 0.1) is 0 Å². The number of nitrogens with one attached hydrogen (secondary N) is 2. The summed E-state index contributed by atoms with van der Waals surface area (Å²) in [6.45, 7) is 5.06. The zero-order valence-electron chi connectivity index (χ0n) is 22.8. The lowest BCUT2D eigenvalue weighted by molar-refractivity contribution is -0.132. The van der Waals surface area contributed by atoms with Crippen molar-refractivity contribution in [3.63, 3.8) is 0 Å². The van der Waals surface area contributed by atoms with E-state index in [2.05, 4.69) is 15.5 Å². The van der Waals surface area contributed by atoms with Gasteiger partial charge in [0.2, 0.25) is 11.8 Å². The van der Waals surface area contributed by atoms with Gasteiger partial charge in [0.25, 0.3) is 0 Å². The number of hydrazone groups is 1. The molecule has 3 aliphatic rings. The van der Waals surface area contributed by atoms with E-state index in [1.165, 1.54) is 12.8 Å². The minimum atomic E-state index is -0.0000159. The predicted octanol–water partition coefficient (Wildman–Crippen LogP) is 3.78. The van der Waals surface area contributed by atoms with Gasteiger partial charge in [0.05, 0.1) is 25.5 Å². The lowest BCUT2D eigenvalue weighted by Gasteiger charge is -2.26. The van der Waals surface area contributed by atoms with Crippen molar-refractivity contribution >= 4 is 23.2 Å². The number of hydrogen-bond donors (Lipinski definition) is 2. The summed E-state index contributed by atoms with van der Waals surface area (Å²) in [7, 11) is 1.65. The van der Waals surface area contributed by atoms with Gasteiger partial charge in [-0.25, -0.2) is 5.01 Å². The van der Waals surface area contributed by atoms with Gasteiger partial charge < -0.3 is 25.0 Å². The first-order valence-electron chi connectivity index (χ1n) is 14.1. The van der Waals surface area contributed by atoms with Gasteiger partial charge in [-0.2, -0.15) is 5.10 Å². The summed E-state index contributed by atoms with van der Waals surface area (Å²) < 4.78 is 11.8. The van der Waals surface area contributed by atoms with E-state index in [0.29, 0.717) is 31.6 Å². The average molecular weight is 534 g/mol. The summed E-state index contributed by atoms with van der Waals surface area (Å²) in [6.07, 6.45) is 6.21. The second-order valence-electron chi connectivity index (χ2n) is 10.5. The van der Waals surface area contributed by atoms with Crippen LogP contribution in [0.3, 0.4) is 0 Å². The maximum absolute atomic E-state index is 12.7. The van der Waals surface area contributed by atoms with Crippen LogP contribution in [-0.4, -0.2) is 73.4 Å². The third-order valence-electron chi connectivity index (χ3n) is 7.63. The molecule has 1 saturated heterocycles. The number of benzene rings is 2. The summed E-state index contributed by atoms with van der Waals surface area (Å²) in [5.41, 5.74) is 3.51. The van der Waals surface area contributed by atoms with Crippen molar-refractivity contribution in [3.8, 4) is 11.5 Å². The third kappa shape index (κ3) is 7.36. The van der Waals surface area contributed by atoms with Crippen LogP contribution in [0.5, 0.6) is 11.5 Å². The van der Waals surface area contributed by atoms with E-state index in [0.717, 1.165) is 73.8 Å². The van der Waals surface area contributed by atoms with E-state index in [1.54, 1.807) is 12.1 Å². The fraction of sp³-hybridized carbons (Fsp3) is 0.500. The second kappa shape index (κ2) is 13.1. The molecule has 2 aromatic rings. The highest BCUT2D eigenvalue weighted by molar-refractivity contribution is 6.04. The molecule has 0 bridgehead atoms. The van der Waals surface area contributed by atoms with Crippen molar-refractivity contribution in [2.75, 3.05) is 45.2 Å². The van der Waals surface area contributed by atoms with Crippen molar-refractivity contribution in [3.05, 3.63) is 53.6 Å². The molecule has 2 heterocycles. The molecule has 2 aromatic carbocycles. The largest absolute Gasteiger partial charge is 0.493 e. The number of hydrogen-bond acceptors (Lipinski definition) is 7. The fourth-order valence-corrected chi connectivity index (χ4v) is 5.35. The first kappa shape index (κ1) is 27.1. The molecule has 9 nitrogen and oxygen atoms in total. The molecule has 2 fully saturated rings. The van der Waals surface area contributed by atoms with Crippen molar-refractivity contribution in [2.45, 2.75) is 57.6 Å². The molecule has 0 unspecified atom stereocenters. The second-order valence-corrected chi connectivity index (χ2v) is 10.5. The van der Waals surface area contributed by atoms with Gasteiger partial charge in [-0.05, 0) is 61.6 Å². The number of ether oxygens (including phenoxy) is 2. The first-order valence-corrected chi connectivity index (χ1v) is 14.1. The van der Waals surface area contributed by atoms with Gasteiger partial charge >= 0.3 is 0 Å². The maximum atomic E-state index is 12.7. The lowest BCUT2D eigenvalue weighted by atomic mass is 10.0. The minimum absolute atomic E-state index is 0.0000159. The Morgan fingerprint density at radius 2 is 1.82 bits per heavy atom. The molecule has 5 rings (SSSR count). The van der Waals surface area contributed by atoms with Gasteiger partial charge in [0, 0.05) is 63.2 Å². The van der Waals surface area contributed by atoms with E-state index in [-0.39, 0.29) is 17.9 Å². The molecule has 208 valence electrons. The Bertz CT molecular complexity index is 1170. The first-order chi connectivity index (χ1) is 19.1. The van der Waals surface area contributed by atoms with E-state index >= 15 is 0 Å². The highest BCUT2D eigenvalue weighted by atomic mass is 16.5. The lowest BCUT2D eigenvalue weighted by Crippen LogP contribution is -2.44. The Morgan fingerprint density at radius 3 is 2.56 bits per heavy atom. The summed E-state index contributed by atoms with van der Waals surface area (Å²) >= 11 is 0. The number of piperazine rings is 1. The zero-order chi connectivity index (χ0) is 27.0. The topological polar surface area (TPSA) is 95.5 Å². The van der Waals surface area contributed by atoms with Gasteiger partial charge in [0.1, 0.15) is 0 Å². The molecule has 39 heavy (non-hydrogen) atoms. The Kier molecular flexibility index (Phi) is 9.11. The molecule has 2 N–H and O–H groups in total. The van der Waals surface area contributed by atoms with Crippen LogP contribution < -0.4 is 20.1 Å². The summed E-state index contributed by atoms with van der Waals surface area (Å²) in [5.74, 6) is 1.46. The van der Waals surface area contributed by atoms with Crippen LogP contribution in [0.25, 0.3) is 0 Å². The van der Waals surface area contributed by atoms with Gasteiger partial charge in [0.15, 0.2) is 11.5 Å². The summed E-state index contributed by atoms with van der Waals surface area (Å²) in [6, 6.07) is 13.5. The van der Waals surface area contributed by atoms with E-state index in [9.17, 15) is 9.59 Å². The number of nitrogens with zero attached hydrogens (tertiary/aromatic N) is 3. The monoisotopic (exact) mass is 533 g/mol. The average Bonchev–Trinajstić information content (AvgIpc) is 3.48. The van der Waals surface area contributed by atoms with Gasteiger partial charge in [-0.3, -0.25) is 9.59 Å². The summed E-state index contributed by atoms with van der Waals surface area (Å²) in [5, 5.41) is 12.6. The normalized spacial score (nSPS) is 18.6. The molecule has 0 aromatic heterocycles. The maximum Gasteiger partial charge on any atom is 0.243 e. The number of methoxy groups -OCH3 is 1. The Labute approximate surface area is 230 Å². The van der Waals surface area contributed by atoms with E-state index in [1.807, 2.05) is 42.5 Å². The van der Waals surface area contributed by atoms with Crippen molar-refractivity contribution < 1.29 is 19.1 Å². The molecule has 0 spiro atoms. The van der Waals surface area contributed by atoms with Gasteiger partial charge in [-0.15, -0.1) is 0 Å². The third-order valence-corrected chi connectivity index (χ3v) is 7.63. The standard InChI is InChI=1S/C30H39N5O4/c1-38-27-12-8-23(20-28(27)39-25-4-2-3-5-25)26-11-13-30(37)35(33-26)21-22-6-9-24(10-7-22)32-29(36)14-17-34-18-15-31-16-19-34/h6-10,12,20,25,31H,2-5,11,13-19,21H2,1H3,(H,32,36). The predicted molar refractivity (Wildman–Crippen MR) is 151 cm³/mol. The zero-order valence-corrected chi connectivity index (χ0v) is 22.8. The highest BCUT2D eigenvalue weighted by Crippen LogP contribution is 2.33. The van der Waals surface area contributed by atoms with Crippen molar-refractivity contribution in [1.29, 1.82) is 0 Å². The van der Waals surface area contributed by atoms with Crippen LogP contribution in [0.2, 0.25) is 0 Å². The van der Waals surface area contributed by atoms with Crippen LogP contribution in [0.4, 0.5) is 5.69 Å². The molecule has 9 heteroatoms. The highest BCUT2D eigenvalue weighted by Gasteiger charge is 2.24. The Balaban J connectivity index is 1.20. The van der Waals surface area contributed by atoms with Crippen LogP contribution in [0.15, 0.2) is 47.6 Å². The number of amides is 2. The molecule has 0 radical (unpaired) electrons. The van der Waals surface area contributed by atoms with E-state index < -0.39 is 0 Å². The molecule has 1 saturated carbocycles. The number of carbonyl (C=O) groups excluding carboxylic acids is 2.